The van der Waals surface area contributed by atoms with Crippen molar-refractivity contribution in [2.45, 2.75) is 26.7 Å². The average Bonchev–Trinajstić information content (AvgIpc) is 2.80. The van der Waals surface area contributed by atoms with Crippen LogP contribution in [0.4, 0.5) is 10.1 Å². The zero-order valence-corrected chi connectivity index (χ0v) is 18.6. The van der Waals surface area contributed by atoms with Crippen LogP contribution < -0.4 is 15.3 Å². The summed E-state index contributed by atoms with van der Waals surface area (Å²) in [5.41, 5.74) is 3.25. The van der Waals surface area contributed by atoms with E-state index in [9.17, 15) is 14.0 Å². The molecule has 4 rings (SSSR count). The van der Waals surface area contributed by atoms with Crippen molar-refractivity contribution in [1.82, 2.24) is 4.90 Å². The lowest BCUT2D eigenvalue weighted by Crippen LogP contribution is -2.48. The molecule has 0 bridgehead atoms. The van der Waals surface area contributed by atoms with Crippen LogP contribution in [0.2, 0.25) is 0 Å². The lowest BCUT2D eigenvalue weighted by molar-refractivity contribution is -0.131. The van der Waals surface area contributed by atoms with Crippen molar-refractivity contribution < 1.29 is 18.3 Å². The van der Waals surface area contributed by atoms with E-state index in [2.05, 4.69) is 4.90 Å². The largest absolute Gasteiger partial charge is 0.496 e. The van der Waals surface area contributed by atoms with Gasteiger partial charge in [-0.3, -0.25) is 4.79 Å². The second-order valence-electron chi connectivity index (χ2n) is 8.11. The van der Waals surface area contributed by atoms with Crippen LogP contribution >= 0.6 is 0 Å². The molecule has 0 radical (unpaired) electrons. The normalized spacial score (nSPS) is 14.1. The van der Waals surface area contributed by atoms with Gasteiger partial charge in [0.2, 0.25) is 5.91 Å². The number of ether oxygens (including phenoxy) is 1. The number of hydrogen-bond donors (Lipinski definition) is 0. The van der Waals surface area contributed by atoms with Crippen molar-refractivity contribution in [3.05, 3.63) is 69.3 Å². The first-order valence-electron chi connectivity index (χ1n) is 10.8. The molecule has 0 unspecified atom stereocenters. The summed E-state index contributed by atoms with van der Waals surface area (Å²) >= 11 is 0. The van der Waals surface area contributed by atoms with Gasteiger partial charge in [-0.05, 0) is 62.2 Å². The minimum atomic E-state index is -0.403. The van der Waals surface area contributed by atoms with Gasteiger partial charge in [-0.2, -0.15) is 0 Å². The van der Waals surface area contributed by atoms with Gasteiger partial charge in [-0.15, -0.1) is 0 Å². The van der Waals surface area contributed by atoms with E-state index in [4.69, 9.17) is 9.15 Å². The summed E-state index contributed by atoms with van der Waals surface area (Å²) in [5.74, 6) is 0.432. The third-order valence-corrected chi connectivity index (χ3v) is 6.29. The molecule has 2 heterocycles. The Morgan fingerprint density at radius 2 is 1.72 bits per heavy atom. The number of piperazine rings is 1. The summed E-state index contributed by atoms with van der Waals surface area (Å²) in [6, 6.07) is 10.2. The van der Waals surface area contributed by atoms with Gasteiger partial charge in [-0.1, -0.05) is 0 Å². The highest BCUT2D eigenvalue weighted by Gasteiger charge is 2.22. The molecule has 168 valence electrons. The van der Waals surface area contributed by atoms with E-state index in [1.54, 1.807) is 19.2 Å². The fraction of sp³-hybridized carbons (Fsp3) is 0.360. The van der Waals surface area contributed by atoms with Crippen LogP contribution in [0.1, 0.15) is 23.1 Å². The van der Waals surface area contributed by atoms with Crippen molar-refractivity contribution >= 4 is 22.6 Å². The van der Waals surface area contributed by atoms with Crippen molar-refractivity contribution in [3.63, 3.8) is 0 Å². The summed E-state index contributed by atoms with van der Waals surface area (Å²) in [5, 5.41) is 0.860. The molecule has 0 atom stereocenters. The van der Waals surface area contributed by atoms with Gasteiger partial charge in [0.15, 0.2) is 0 Å². The van der Waals surface area contributed by atoms with E-state index in [0.717, 1.165) is 22.2 Å². The maximum absolute atomic E-state index is 13.1. The lowest BCUT2D eigenvalue weighted by atomic mass is 10.00. The van der Waals surface area contributed by atoms with Gasteiger partial charge in [0, 0.05) is 54.8 Å². The number of methoxy groups -OCH3 is 1. The molecule has 32 heavy (non-hydrogen) atoms. The maximum atomic E-state index is 13.1. The quantitative estimate of drug-likeness (QED) is 0.567. The van der Waals surface area contributed by atoms with Crippen LogP contribution in [0.15, 0.2) is 45.6 Å². The summed E-state index contributed by atoms with van der Waals surface area (Å²) in [4.78, 5) is 29.4. The zero-order chi connectivity index (χ0) is 22.8. The zero-order valence-electron chi connectivity index (χ0n) is 18.6. The molecule has 0 aliphatic carbocycles. The Hall–Kier alpha value is -3.35. The van der Waals surface area contributed by atoms with Crippen molar-refractivity contribution in [2.75, 3.05) is 38.2 Å². The molecule has 1 amide bonds. The van der Waals surface area contributed by atoms with Crippen LogP contribution in [-0.2, 0) is 11.2 Å². The van der Waals surface area contributed by atoms with Crippen LogP contribution in [-0.4, -0.2) is 44.1 Å². The SMILES string of the molecule is COc1ccc2c(C)c(CCC(=O)N3CCN(c4ccc(F)cc4)CC3)c(=O)oc2c1C. The van der Waals surface area contributed by atoms with Crippen LogP contribution in [0, 0.1) is 19.7 Å². The number of anilines is 1. The van der Waals surface area contributed by atoms with Gasteiger partial charge >= 0.3 is 5.63 Å². The van der Waals surface area contributed by atoms with E-state index in [-0.39, 0.29) is 18.1 Å². The highest BCUT2D eigenvalue weighted by Crippen LogP contribution is 2.29. The number of amides is 1. The molecule has 0 saturated carbocycles. The highest BCUT2D eigenvalue weighted by atomic mass is 19.1. The molecule has 1 aliphatic heterocycles. The first kappa shape index (κ1) is 21.9. The Labute approximate surface area is 186 Å². The first-order chi connectivity index (χ1) is 15.4. The van der Waals surface area contributed by atoms with E-state index < -0.39 is 5.63 Å². The van der Waals surface area contributed by atoms with Crippen molar-refractivity contribution in [3.8, 4) is 5.75 Å². The number of halogens is 1. The number of fused-ring (bicyclic) bond motifs is 1. The fourth-order valence-electron chi connectivity index (χ4n) is 4.34. The molecule has 1 fully saturated rings. The summed E-state index contributed by atoms with van der Waals surface area (Å²) < 4.78 is 24.1. The number of aryl methyl sites for hydroxylation is 2. The van der Waals surface area contributed by atoms with E-state index in [1.165, 1.54) is 12.1 Å². The number of hydrogen-bond acceptors (Lipinski definition) is 5. The van der Waals surface area contributed by atoms with Gasteiger partial charge in [0.25, 0.3) is 0 Å². The monoisotopic (exact) mass is 438 g/mol. The Kier molecular flexibility index (Phi) is 6.17. The fourth-order valence-corrected chi connectivity index (χ4v) is 4.34. The predicted octanol–water partition coefficient (Wildman–Crippen LogP) is 3.84. The third kappa shape index (κ3) is 4.20. The smallest absolute Gasteiger partial charge is 0.339 e. The van der Waals surface area contributed by atoms with Gasteiger partial charge in [-0.25, -0.2) is 9.18 Å². The van der Waals surface area contributed by atoms with Crippen LogP contribution in [0.25, 0.3) is 11.0 Å². The van der Waals surface area contributed by atoms with Gasteiger partial charge in [0.05, 0.1) is 7.11 Å². The summed E-state index contributed by atoms with van der Waals surface area (Å²) in [6.45, 7) is 6.33. The molecule has 6 nitrogen and oxygen atoms in total. The molecule has 1 aromatic heterocycles. The Morgan fingerprint density at radius 1 is 1.03 bits per heavy atom. The minimum absolute atomic E-state index is 0.0218. The molecule has 1 aliphatic rings. The highest BCUT2D eigenvalue weighted by molar-refractivity contribution is 5.86. The second kappa shape index (κ2) is 9.02. The third-order valence-electron chi connectivity index (χ3n) is 6.29. The summed E-state index contributed by atoms with van der Waals surface area (Å²) in [6.07, 6.45) is 0.592. The molecular weight excluding hydrogens is 411 g/mol. The van der Waals surface area contributed by atoms with Crippen molar-refractivity contribution in [2.24, 2.45) is 0 Å². The van der Waals surface area contributed by atoms with Crippen molar-refractivity contribution in [1.29, 1.82) is 0 Å². The molecule has 7 heteroatoms. The number of carbonyl (C=O) groups excluding carboxylic acids is 1. The minimum Gasteiger partial charge on any atom is -0.496 e. The first-order valence-corrected chi connectivity index (χ1v) is 10.8. The average molecular weight is 438 g/mol. The maximum Gasteiger partial charge on any atom is 0.339 e. The number of rotatable bonds is 5. The van der Waals surface area contributed by atoms with Crippen LogP contribution in [0.3, 0.4) is 0 Å². The van der Waals surface area contributed by atoms with Gasteiger partial charge in [0.1, 0.15) is 17.1 Å². The van der Waals surface area contributed by atoms with Crippen LogP contribution in [0.5, 0.6) is 5.75 Å². The topological polar surface area (TPSA) is 63.0 Å². The predicted molar refractivity (Wildman–Crippen MR) is 122 cm³/mol. The molecule has 1 saturated heterocycles. The standard InChI is InChI=1S/C25H27FN2O4/c1-16-20-8-10-22(31-3)17(2)24(20)32-25(30)21(16)9-11-23(29)28-14-12-27(13-15-28)19-6-4-18(26)5-7-19/h4-8,10H,9,11-15H2,1-3H3. The summed E-state index contributed by atoms with van der Waals surface area (Å²) in [7, 11) is 1.58. The number of nitrogens with zero attached hydrogens (tertiary/aromatic N) is 2. The molecule has 0 N–H and O–H groups in total. The Bertz CT molecular complexity index is 1200. The number of benzene rings is 2. The molecular formula is C25H27FN2O4. The molecule has 2 aromatic carbocycles. The van der Waals surface area contributed by atoms with Gasteiger partial charge < -0.3 is 19.0 Å². The second-order valence-corrected chi connectivity index (χ2v) is 8.11. The molecule has 3 aromatic rings. The Balaban J connectivity index is 1.42. The lowest BCUT2D eigenvalue weighted by Gasteiger charge is -2.36. The molecule has 0 spiro atoms. The van der Waals surface area contributed by atoms with E-state index in [1.807, 2.05) is 30.9 Å². The Morgan fingerprint density at radius 3 is 2.38 bits per heavy atom. The number of carbonyl (C=O) groups is 1. The van der Waals surface area contributed by atoms with E-state index in [0.29, 0.717) is 49.5 Å². The van der Waals surface area contributed by atoms with E-state index >= 15 is 0 Å².